The van der Waals surface area contributed by atoms with E-state index in [-0.39, 0.29) is 22.9 Å². The molecule has 3 atom stereocenters. The van der Waals surface area contributed by atoms with Crippen molar-refractivity contribution in [3.63, 3.8) is 0 Å². The van der Waals surface area contributed by atoms with Crippen LogP contribution in [0.5, 0.6) is 0 Å². The fraction of sp³-hybridized carbons (Fsp3) is 0.917. The molecule has 5 heteroatoms. The third-order valence-corrected chi connectivity index (χ3v) is 6.16. The van der Waals surface area contributed by atoms with Crippen molar-refractivity contribution in [1.82, 2.24) is 0 Å². The molecule has 0 radical (unpaired) electrons. The number of carboxylic acid groups (broad SMARTS) is 1. The Balaban J connectivity index is 1.98. The van der Waals surface area contributed by atoms with E-state index in [1.807, 2.05) is 11.8 Å². The average molecular weight is 276 g/mol. The van der Waals surface area contributed by atoms with Crippen molar-refractivity contribution >= 4 is 30.4 Å². The molecule has 1 saturated heterocycles. The number of rotatable bonds is 4. The minimum absolute atomic E-state index is 0.0914. The van der Waals surface area contributed by atoms with Gasteiger partial charge in [-0.2, -0.15) is 12.6 Å². The number of aliphatic carboxylic acids is 1. The SMILES string of the molecule is CCC1(CS)CSC2(CCC(CC(=O)O)C2)O1. The third kappa shape index (κ3) is 2.76. The summed E-state index contributed by atoms with van der Waals surface area (Å²) >= 11 is 6.28. The van der Waals surface area contributed by atoms with Crippen molar-refractivity contribution in [1.29, 1.82) is 0 Å². The van der Waals surface area contributed by atoms with Crippen LogP contribution in [0.3, 0.4) is 0 Å². The maximum atomic E-state index is 10.7. The quantitative estimate of drug-likeness (QED) is 0.775. The Morgan fingerprint density at radius 1 is 1.65 bits per heavy atom. The van der Waals surface area contributed by atoms with Crippen LogP contribution < -0.4 is 0 Å². The van der Waals surface area contributed by atoms with Crippen LogP contribution in [0.25, 0.3) is 0 Å². The molecule has 2 rings (SSSR count). The lowest BCUT2D eigenvalue weighted by molar-refractivity contribution is -0.138. The minimum Gasteiger partial charge on any atom is -0.481 e. The first-order valence-electron chi connectivity index (χ1n) is 6.20. The van der Waals surface area contributed by atoms with Gasteiger partial charge in [-0.1, -0.05) is 6.92 Å². The Hall–Kier alpha value is 0.130. The molecule has 3 nitrogen and oxygen atoms in total. The van der Waals surface area contributed by atoms with E-state index in [2.05, 4.69) is 19.6 Å². The highest BCUT2D eigenvalue weighted by Crippen LogP contribution is 2.54. The molecule has 98 valence electrons. The molecule has 1 aliphatic carbocycles. The first kappa shape index (κ1) is 13.6. The molecule has 0 aromatic heterocycles. The van der Waals surface area contributed by atoms with Gasteiger partial charge in [-0.05, 0) is 31.6 Å². The second-order valence-corrected chi connectivity index (χ2v) is 6.84. The van der Waals surface area contributed by atoms with E-state index in [1.54, 1.807) is 0 Å². The lowest BCUT2D eigenvalue weighted by Crippen LogP contribution is -2.36. The van der Waals surface area contributed by atoms with Crippen LogP contribution in [0.15, 0.2) is 0 Å². The van der Waals surface area contributed by atoms with E-state index in [0.717, 1.165) is 37.2 Å². The standard InChI is InChI=1S/C12H20O3S2/c1-2-11(7-16)8-17-12(15-11)4-3-9(6-12)5-10(13)14/h9,16H,2-8H2,1H3,(H,13,14). The summed E-state index contributed by atoms with van der Waals surface area (Å²) in [5.74, 6) is 1.34. The maximum absolute atomic E-state index is 10.7. The Bertz CT molecular complexity index is 304. The fourth-order valence-corrected chi connectivity index (χ4v) is 5.09. The molecule has 0 aromatic carbocycles. The lowest BCUT2D eigenvalue weighted by Gasteiger charge is -2.30. The predicted molar refractivity (Wildman–Crippen MR) is 72.7 cm³/mol. The summed E-state index contributed by atoms with van der Waals surface area (Å²) < 4.78 is 6.30. The number of hydrogen-bond acceptors (Lipinski definition) is 4. The van der Waals surface area contributed by atoms with Gasteiger partial charge in [-0.25, -0.2) is 0 Å². The lowest BCUT2D eigenvalue weighted by atomic mass is 10.0. The van der Waals surface area contributed by atoms with Crippen LogP contribution in [0, 0.1) is 5.92 Å². The molecule has 1 N–H and O–H groups in total. The predicted octanol–water partition coefficient (Wildman–Crippen LogP) is 2.80. The van der Waals surface area contributed by atoms with E-state index in [0.29, 0.717) is 0 Å². The topological polar surface area (TPSA) is 46.5 Å². The molecule has 3 unspecified atom stereocenters. The number of carbonyl (C=O) groups is 1. The second-order valence-electron chi connectivity index (χ2n) is 5.20. The smallest absolute Gasteiger partial charge is 0.303 e. The zero-order chi connectivity index (χ0) is 12.5. The first-order valence-corrected chi connectivity index (χ1v) is 7.82. The van der Waals surface area contributed by atoms with Gasteiger partial charge in [0.1, 0.15) is 4.93 Å². The van der Waals surface area contributed by atoms with Crippen molar-refractivity contribution in [2.75, 3.05) is 11.5 Å². The highest BCUT2D eigenvalue weighted by Gasteiger charge is 2.52. The summed E-state index contributed by atoms with van der Waals surface area (Å²) in [5, 5.41) is 8.84. The van der Waals surface area contributed by atoms with E-state index >= 15 is 0 Å². The Labute approximate surface area is 112 Å². The second kappa shape index (κ2) is 5.02. The first-order chi connectivity index (χ1) is 8.03. The normalized spacial score (nSPS) is 41.2. The van der Waals surface area contributed by atoms with E-state index in [9.17, 15) is 4.79 Å². The Morgan fingerprint density at radius 3 is 2.94 bits per heavy atom. The monoisotopic (exact) mass is 276 g/mol. The molecule has 2 fully saturated rings. The van der Waals surface area contributed by atoms with Crippen LogP contribution in [0.1, 0.15) is 39.0 Å². The molecule has 1 aliphatic heterocycles. The molecular formula is C12H20O3S2. The molecule has 0 bridgehead atoms. The molecule has 1 saturated carbocycles. The van der Waals surface area contributed by atoms with E-state index < -0.39 is 5.97 Å². The van der Waals surface area contributed by atoms with Gasteiger partial charge in [-0.15, -0.1) is 11.8 Å². The number of carboxylic acids is 1. The summed E-state index contributed by atoms with van der Waals surface area (Å²) in [5.41, 5.74) is -0.0914. The van der Waals surface area contributed by atoms with Gasteiger partial charge >= 0.3 is 5.97 Å². The minimum atomic E-state index is -0.689. The Kier molecular flexibility index (Phi) is 4.00. The van der Waals surface area contributed by atoms with Gasteiger partial charge in [-0.3, -0.25) is 4.79 Å². The fourth-order valence-electron chi connectivity index (χ4n) is 2.79. The van der Waals surface area contributed by atoms with Crippen LogP contribution in [0.2, 0.25) is 0 Å². The number of thiol groups is 1. The van der Waals surface area contributed by atoms with E-state index in [4.69, 9.17) is 9.84 Å². The van der Waals surface area contributed by atoms with Crippen LogP contribution in [0.4, 0.5) is 0 Å². The molecule has 1 spiro atoms. The van der Waals surface area contributed by atoms with Crippen molar-refractivity contribution < 1.29 is 14.6 Å². The highest BCUT2D eigenvalue weighted by molar-refractivity contribution is 8.00. The Morgan fingerprint density at radius 2 is 2.41 bits per heavy atom. The summed E-state index contributed by atoms with van der Waals surface area (Å²) in [6.07, 6.45) is 4.12. The summed E-state index contributed by atoms with van der Waals surface area (Å²) in [6, 6.07) is 0. The summed E-state index contributed by atoms with van der Waals surface area (Å²) in [4.78, 5) is 10.6. The molecular weight excluding hydrogens is 256 g/mol. The zero-order valence-corrected chi connectivity index (χ0v) is 11.9. The summed E-state index contributed by atoms with van der Waals surface area (Å²) in [7, 11) is 0. The molecule has 0 amide bonds. The third-order valence-electron chi connectivity index (χ3n) is 3.93. The van der Waals surface area contributed by atoms with Crippen LogP contribution >= 0.6 is 24.4 Å². The van der Waals surface area contributed by atoms with Gasteiger partial charge < -0.3 is 9.84 Å². The zero-order valence-electron chi connectivity index (χ0n) is 10.1. The molecule has 0 aromatic rings. The summed E-state index contributed by atoms with van der Waals surface area (Å²) in [6.45, 7) is 2.14. The van der Waals surface area contributed by atoms with Crippen LogP contribution in [-0.2, 0) is 9.53 Å². The van der Waals surface area contributed by atoms with Gasteiger partial charge in [0.2, 0.25) is 0 Å². The van der Waals surface area contributed by atoms with Gasteiger partial charge in [0.05, 0.1) is 5.60 Å². The van der Waals surface area contributed by atoms with Crippen molar-refractivity contribution in [2.45, 2.75) is 49.6 Å². The number of hydrogen-bond donors (Lipinski definition) is 2. The average Bonchev–Trinajstić information content (AvgIpc) is 2.84. The maximum Gasteiger partial charge on any atom is 0.303 e. The van der Waals surface area contributed by atoms with Gasteiger partial charge in [0, 0.05) is 17.9 Å². The van der Waals surface area contributed by atoms with Gasteiger partial charge in [0.25, 0.3) is 0 Å². The van der Waals surface area contributed by atoms with E-state index in [1.165, 1.54) is 0 Å². The highest BCUT2D eigenvalue weighted by atomic mass is 32.2. The van der Waals surface area contributed by atoms with Crippen molar-refractivity contribution in [3.8, 4) is 0 Å². The van der Waals surface area contributed by atoms with Crippen molar-refractivity contribution in [3.05, 3.63) is 0 Å². The van der Waals surface area contributed by atoms with Crippen molar-refractivity contribution in [2.24, 2.45) is 5.92 Å². The van der Waals surface area contributed by atoms with Crippen LogP contribution in [-0.4, -0.2) is 33.1 Å². The number of thioether (sulfide) groups is 1. The molecule has 2 aliphatic rings. The largest absolute Gasteiger partial charge is 0.481 e. The molecule has 1 heterocycles. The molecule has 17 heavy (non-hydrogen) atoms. The van der Waals surface area contributed by atoms with Gasteiger partial charge in [0.15, 0.2) is 0 Å². The number of ether oxygens (including phenoxy) is 1.